The van der Waals surface area contributed by atoms with Gasteiger partial charge >= 0.3 is 12.3 Å². The van der Waals surface area contributed by atoms with Crippen molar-refractivity contribution in [2.24, 2.45) is 11.7 Å². The maximum absolute atomic E-state index is 12.7. The van der Waals surface area contributed by atoms with E-state index in [2.05, 4.69) is 4.90 Å². The summed E-state index contributed by atoms with van der Waals surface area (Å²) in [5, 5.41) is 0. The molecular weight excluding hydrogens is 395 g/mol. The van der Waals surface area contributed by atoms with Gasteiger partial charge in [-0.3, -0.25) is 4.90 Å². The second-order valence-electron chi connectivity index (χ2n) is 9.18. The van der Waals surface area contributed by atoms with Crippen molar-refractivity contribution < 1.29 is 22.7 Å². The summed E-state index contributed by atoms with van der Waals surface area (Å²) in [7, 11) is 0. The summed E-state index contributed by atoms with van der Waals surface area (Å²) in [4.78, 5) is 16.5. The van der Waals surface area contributed by atoms with Crippen molar-refractivity contribution in [2.75, 3.05) is 26.2 Å². The zero-order valence-corrected chi connectivity index (χ0v) is 17.2. The van der Waals surface area contributed by atoms with Gasteiger partial charge in [-0.1, -0.05) is 12.1 Å². The Hall–Kier alpha value is -1.80. The van der Waals surface area contributed by atoms with Crippen LogP contribution < -0.4 is 5.73 Å². The Morgan fingerprint density at radius 3 is 2.30 bits per heavy atom. The molecular formula is C22H30F3N3O2. The number of benzene rings is 1. The van der Waals surface area contributed by atoms with Gasteiger partial charge in [0.1, 0.15) is 5.60 Å². The van der Waals surface area contributed by atoms with Gasteiger partial charge < -0.3 is 15.4 Å². The fourth-order valence-corrected chi connectivity index (χ4v) is 4.95. The van der Waals surface area contributed by atoms with E-state index in [1.807, 2.05) is 4.90 Å². The molecule has 0 unspecified atom stereocenters. The van der Waals surface area contributed by atoms with Crippen LogP contribution in [0.5, 0.6) is 0 Å². The number of rotatable bonds is 4. The molecule has 1 aromatic rings. The molecule has 1 spiro atoms. The van der Waals surface area contributed by atoms with Gasteiger partial charge in [-0.05, 0) is 49.3 Å². The highest BCUT2D eigenvalue weighted by Crippen LogP contribution is 2.35. The summed E-state index contributed by atoms with van der Waals surface area (Å²) < 4.78 is 44.0. The SMILES string of the molecule is NC1CCC(CN2CC3(CCN(Cc4ccc(C(F)(F)F)cc4)CC3)OC2=O)CC1. The monoisotopic (exact) mass is 425 g/mol. The molecule has 1 amide bonds. The first-order chi connectivity index (χ1) is 14.2. The highest BCUT2D eigenvalue weighted by atomic mass is 19.4. The second-order valence-corrected chi connectivity index (χ2v) is 9.18. The molecule has 1 aliphatic carbocycles. The van der Waals surface area contributed by atoms with Crippen LogP contribution in [0.25, 0.3) is 0 Å². The van der Waals surface area contributed by atoms with E-state index in [0.29, 0.717) is 25.0 Å². The molecule has 1 saturated carbocycles. The van der Waals surface area contributed by atoms with Crippen molar-refractivity contribution in [3.8, 4) is 0 Å². The number of amides is 1. The number of hydrogen-bond donors (Lipinski definition) is 1. The maximum Gasteiger partial charge on any atom is 0.416 e. The summed E-state index contributed by atoms with van der Waals surface area (Å²) in [6, 6.07) is 5.65. The van der Waals surface area contributed by atoms with E-state index in [0.717, 1.165) is 75.9 Å². The third-order valence-corrected chi connectivity index (χ3v) is 6.87. The van der Waals surface area contributed by atoms with E-state index in [1.54, 1.807) is 12.1 Å². The quantitative estimate of drug-likeness (QED) is 0.792. The summed E-state index contributed by atoms with van der Waals surface area (Å²) in [5.74, 6) is 0.507. The Morgan fingerprint density at radius 2 is 1.70 bits per heavy atom. The average Bonchev–Trinajstić information content (AvgIpc) is 3.00. The lowest BCUT2D eigenvalue weighted by molar-refractivity contribution is -0.137. The highest BCUT2D eigenvalue weighted by Gasteiger charge is 2.47. The first kappa shape index (κ1) is 21.4. The molecule has 0 aromatic heterocycles. The summed E-state index contributed by atoms with van der Waals surface area (Å²) >= 11 is 0. The Morgan fingerprint density at radius 1 is 1.07 bits per heavy atom. The Balaban J connectivity index is 1.27. The predicted octanol–water partition coefficient (Wildman–Crippen LogP) is 4.01. The van der Waals surface area contributed by atoms with Gasteiger partial charge in [-0.2, -0.15) is 13.2 Å². The summed E-state index contributed by atoms with van der Waals surface area (Å²) in [6.45, 7) is 3.53. The van der Waals surface area contributed by atoms with Crippen molar-refractivity contribution in [3.63, 3.8) is 0 Å². The van der Waals surface area contributed by atoms with Crippen LogP contribution >= 0.6 is 0 Å². The number of hydrogen-bond acceptors (Lipinski definition) is 4. The van der Waals surface area contributed by atoms with Crippen LogP contribution in [0.2, 0.25) is 0 Å². The zero-order valence-electron chi connectivity index (χ0n) is 17.2. The Bertz CT molecular complexity index is 737. The van der Waals surface area contributed by atoms with Gasteiger partial charge in [0, 0.05) is 45.1 Å². The molecule has 2 N–H and O–H groups in total. The Kier molecular flexibility index (Phi) is 5.99. The second kappa shape index (κ2) is 8.38. The molecule has 5 nitrogen and oxygen atoms in total. The minimum atomic E-state index is -4.31. The number of ether oxygens (including phenoxy) is 1. The highest BCUT2D eigenvalue weighted by molar-refractivity contribution is 5.70. The molecule has 3 fully saturated rings. The Labute approximate surface area is 175 Å². The lowest BCUT2D eigenvalue weighted by Crippen LogP contribution is -2.46. The number of halogens is 3. The first-order valence-electron chi connectivity index (χ1n) is 10.8. The van der Waals surface area contributed by atoms with Crippen LogP contribution in [-0.2, 0) is 17.5 Å². The maximum atomic E-state index is 12.7. The van der Waals surface area contributed by atoms with Gasteiger partial charge in [-0.15, -0.1) is 0 Å². The van der Waals surface area contributed by atoms with E-state index < -0.39 is 17.3 Å². The van der Waals surface area contributed by atoms with Gasteiger partial charge in [0.2, 0.25) is 0 Å². The van der Waals surface area contributed by atoms with Crippen LogP contribution in [0.1, 0.15) is 49.7 Å². The molecule has 0 atom stereocenters. The van der Waals surface area contributed by atoms with Crippen molar-refractivity contribution in [1.82, 2.24) is 9.80 Å². The predicted molar refractivity (Wildman–Crippen MR) is 107 cm³/mol. The lowest BCUT2D eigenvalue weighted by atomic mass is 9.85. The van der Waals surface area contributed by atoms with Gasteiger partial charge in [0.15, 0.2) is 0 Å². The van der Waals surface area contributed by atoms with Crippen LogP contribution in [-0.4, -0.2) is 53.7 Å². The number of piperidine rings is 1. The van der Waals surface area contributed by atoms with Crippen LogP contribution in [0.15, 0.2) is 24.3 Å². The van der Waals surface area contributed by atoms with E-state index in [4.69, 9.17) is 10.5 Å². The molecule has 2 heterocycles. The molecule has 3 aliphatic rings. The fraction of sp³-hybridized carbons (Fsp3) is 0.682. The smallest absolute Gasteiger partial charge is 0.416 e. The van der Waals surface area contributed by atoms with Crippen LogP contribution in [0.4, 0.5) is 18.0 Å². The number of alkyl halides is 3. The lowest BCUT2D eigenvalue weighted by Gasteiger charge is -2.37. The number of nitrogens with two attached hydrogens (primary N) is 1. The molecule has 1 aromatic carbocycles. The fourth-order valence-electron chi connectivity index (χ4n) is 4.95. The molecule has 2 saturated heterocycles. The number of carbonyl (C=O) groups excluding carboxylic acids is 1. The summed E-state index contributed by atoms with van der Waals surface area (Å²) in [5.41, 5.74) is 5.80. The van der Waals surface area contributed by atoms with Gasteiger partial charge in [0.05, 0.1) is 12.1 Å². The molecule has 4 rings (SSSR count). The van der Waals surface area contributed by atoms with Crippen molar-refractivity contribution >= 4 is 6.09 Å². The molecule has 2 aliphatic heterocycles. The largest absolute Gasteiger partial charge is 0.441 e. The molecule has 30 heavy (non-hydrogen) atoms. The van der Waals surface area contributed by atoms with E-state index in [1.165, 1.54) is 0 Å². The van der Waals surface area contributed by atoms with Crippen molar-refractivity contribution in [3.05, 3.63) is 35.4 Å². The van der Waals surface area contributed by atoms with Gasteiger partial charge in [-0.25, -0.2) is 4.79 Å². The normalized spacial score (nSPS) is 27.5. The molecule has 0 radical (unpaired) electrons. The zero-order chi connectivity index (χ0) is 21.4. The van der Waals surface area contributed by atoms with E-state index >= 15 is 0 Å². The van der Waals surface area contributed by atoms with Crippen molar-refractivity contribution in [1.29, 1.82) is 0 Å². The minimum Gasteiger partial charge on any atom is -0.441 e. The van der Waals surface area contributed by atoms with E-state index in [-0.39, 0.29) is 6.09 Å². The van der Waals surface area contributed by atoms with Crippen LogP contribution in [0.3, 0.4) is 0 Å². The van der Waals surface area contributed by atoms with Gasteiger partial charge in [0.25, 0.3) is 0 Å². The number of likely N-dealkylation sites (tertiary alicyclic amines) is 1. The minimum absolute atomic E-state index is 0.207. The van der Waals surface area contributed by atoms with Crippen LogP contribution in [0, 0.1) is 5.92 Å². The number of carbonyl (C=O) groups is 1. The first-order valence-corrected chi connectivity index (χ1v) is 10.8. The molecule has 166 valence electrons. The molecule has 0 bridgehead atoms. The van der Waals surface area contributed by atoms with Crippen molar-refractivity contribution in [2.45, 2.75) is 62.9 Å². The molecule has 8 heteroatoms. The third-order valence-electron chi connectivity index (χ3n) is 6.87. The van der Waals surface area contributed by atoms with E-state index in [9.17, 15) is 18.0 Å². The standard InChI is InChI=1S/C22H30F3N3O2/c23-22(24,25)18-5-1-16(2-6-18)13-27-11-9-21(10-12-27)15-28(20(29)30-21)14-17-3-7-19(26)8-4-17/h1-2,5-6,17,19H,3-4,7-15,26H2. The number of nitrogens with zero attached hydrogens (tertiary/aromatic N) is 2. The summed E-state index contributed by atoms with van der Waals surface area (Å²) in [6.07, 6.45) is 1.18. The topological polar surface area (TPSA) is 58.8 Å². The average molecular weight is 425 g/mol. The third kappa shape index (κ3) is 4.91.